The molecule has 1 aromatic rings. The van der Waals surface area contributed by atoms with Gasteiger partial charge < -0.3 is 10.1 Å². The van der Waals surface area contributed by atoms with Gasteiger partial charge in [0.05, 0.1) is 0 Å². The van der Waals surface area contributed by atoms with E-state index in [1.54, 1.807) is 38.1 Å². The summed E-state index contributed by atoms with van der Waals surface area (Å²) in [6.07, 6.45) is 1.03. The van der Waals surface area contributed by atoms with Gasteiger partial charge in [-0.15, -0.1) is 0 Å². The minimum Gasteiger partial charge on any atom is -0.487 e. The molecule has 2 N–H and O–H groups in total. The number of hydrogen-bond acceptors (Lipinski definition) is 4. The summed E-state index contributed by atoms with van der Waals surface area (Å²) in [6.45, 7) is 7.46. The molecule has 0 aliphatic carbocycles. The minimum atomic E-state index is -3.55. The molecule has 1 saturated heterocycles. The van der Waals surface area contributed by atoms with E-state index in [-0.39, 0.29) is 17.0 Å². The Morgan fingerprint density at radius 1 is 1.33 bits per heavy atom. The number of rotatable bonds is 5. The Hall–Kier alpha value is -1.11. The summed E-state index contributed by atoms with van der Waals surface area (Å²) < 4.78 is 33.3. The zero-order chi connectivity index (χ0) is 15.5. The summed E-state index contributed by atoms with van der Waals surface area (Å²) in [5.41, 5.74) is 0. The lowest BCUT2D eigenvalue weighted by Crippen LogP contribution is -2.43. The van der Waals surface area contributed by atoms with Gasteiger partial charge in [-0.05, 0) is 44.9 Å². The van der Waals surface area contributed by atoms with E-state index in [2.05, 4.69) is 17.0 Å². The van der Waals surface area contributed by atoms with Crippen molar-refractivity contribution in [3.05, 3.63) is 24.3 Å². The van der Waals surface area contributed by atoms with Gasteiger partial charge in [0, 0.05) is 12.6 Å². The fraction of sp³-hybridized carbons (Fsp3) is 0.600. The van der Waals surface area contributed by atoms with E-state index in [0.717, 1.165) is 19.5 Å². The van der Waals surface area contributed by atoms with Gasteiger partial charge in [0.15, 0.2) is 0 Å². The lowest BCUT2D eigenvalue weighted by molar-refractivity contribution is 0.111. The fourth-order valence-corrected chi connectivity index (χ4v) is 3.81. The highest BCUT2D eigenvalue weighted by atomic mass is 32.2. The Bertz CT molecular complexity index is 572. The molecule has 0 radical (unpaired) electrons. The molecule has 21 heavy (non-hydrogen) atoms. The van der Waals surface area contributed by atoms with Gasteiger partial charge in [-0.25, -0.2) is 13.1 Å². The standard InChI is InChI=1S/C15H24N2O3S/c1-11(2)17-21(18,19)15-7-5-4-6-13(15)20-14-10-16-9-8-12(14)3/h4-7,11-12,14,16-17H,8-10H2,1-3H3. The Balaban J connectivity index is 2.24. The van der Waals surface area contributed by atoms with Crippen LogP contribution >= 0.6 is 0 Å². The predicted octanol–water partition coefficient (Wildman–Crippen LogP) is 1.75. The van der Waals surface area contributed by atoms with E-state index in [9.17, 15) is 8.42 Å². The molecule has 5 nitrogen and oxygen atoms in total. The maximum Gasteiger partial charge on any atom is 0.244 e. The van der Waals surface area contributed by atoms with Gasteiger partial charge in [-0.3, -0.25) is 0 Å². The molecule has 0 spiro atoms. The molecule has 0 bridgehead atoms. The van der Waals surface area contributed by atoms with E-state index in [0.29, 0.717) is 11.7 Å². The molecular weight excluding hydrogens is 288 g/mol. The molecule has 1 heterocycles. The predicted molar refractivity (Wildman–Crippen MR) is 83.0 cm³/mol. The molecule has 118 valence electrons. The molecule has 6 heteroatoms. The first kappa shape index (κ1) is 16.3. The van der Waals surface area contributed by atoms with Crippen LogP contribution < -0.4 is 14.8 Å². The van der Waals surface area contributed by atoms with Crippen molar-refractivity contribution in [3.63, 3.8) is 0 Å². The van der Waals surface area contributed by atoms with Crippen LogP contribution in [0.4, 0.5) is 0 Å². The molecule has 0 aromatic heterocycles. The zero-order valence-corrected chi connectivity index (χ0v) is 13.6. The monoisotopic (exact) mass is 312 g/mol. The smallest absolute Gasteiger partial charge is 0.244 e. The molecule has 1 aliphatic rings. The van der Waals surface area contributed by atoms with Crippen LogP contribution in [0.3, 0.4) is 0 Å². The van der Waals surface area contributed by atoms with Crippen molar-refractivity contribution >= 4 is 10.0 Å². The third-order valence-corrected chi connectivity index (χ3v) is 5.26. The number of para-hydroxylation sites is 1. The fourth-order valence-electron chi connectivity index (χ4n) is 2.43. The zero-order valence-electron chi connectivity index (χ0n) is 12.8. The molecule has 2 unspecified atom stereocenters. The molecular formula is C15H24N2O3S. The third kappa shape index (κ3) is 4.18. The Morgan fingerprint density at radius 3 is 2.71 bits per heavy atom. The Labute approximate surface area is 127 Å². The summed E-state index contributed by atoms with van der Waals surface area (Å²) in [4.78, 5) is 0.205. The highest BCUT2D eigenvalue weighted by molar-refractivity contribution is 7.89. The van der Waals surface area contributed by atoms with Crippen molar-refractivity contribution in [1.82, 2.24) is 10.0 Å². The largest absolute Gasteiger partial charge is 0.487 e. The molecule has 2 atom stereocenters. The first-order chi connectivity index (χ1) is 9.90. The van der Waals surface area contributed by atoms with Crippen LogP contribution in [0, 0.1) is 5.92 Å². The second-order valence-corrected chi connectivity index (χ2v) is 7.53. The van der Waals surface area contributed by atoms with Gasteiger partial charge in [-0.2, -0.15) is 0 Å². The highest BCUT2D eigenvalue weighted by Crippen LogP contribution is 2.27. The van der Waals surface area contributed by atoms with Crippen LogP contribution in [-0.4, -0.2) is 33.7 Å². The van der Waals surface area contributed by atoms with Crippen LogP contribution in [0.5, 0.6) is 5.75 Å². The van der Waals surface area contributed by atoms with E-state index in [1.807, 2.05) is 0 Å². The van der Waals surface area contributed by atoms with Crippen molar-refractivity contribution in [1.29, 1.82) is 0 Å². The van der Waals surface area contributed by atoms with Crippen LogP contribution in [0.1, 0.15) is 27.2 Å². The SMILES string of the molecule is CC(C)NS(=O)(=O)c1ccccc1OC1CNCCC1C. The van der Waals surface area contributed by atoms with Gasteiger partial charge >= 0.3 is 0 Å². The molecule has 2 rings (SSSR count). The van der Waals surface area contributed by atoms with Crippen molar-refractivity contribution < 1.29 is 13.2 Å². The second-order valence-electron chi connectivity index (χ2n) is 5.85. The number of nitrogens with one attached hydrogen (secondary N) is 2. The number of ether oxygens (including phenoxy) is 1. The number of sulfonamides is 1. The Kier molecular flexibility index (Phi) is 5.24. The maximum atomic E-state index is 12.4. The summed E-state index contributed by atoms with van der Waals surface area (Å²) >= 11 is 0. The van der Waals surface area contributed by atoms with E-state index < -0.39 is 10.0 Å². The van der Waals surface area contributed by atoms with Crippen LogP contribution in [-0.2, 0) is 10.0 Å². The number of hydrogen-bond donors (Lipinski definition) is 2. The van der Waals surface area contributed by atoms with E-state index in [1.165, 1.54) is 0 Å². The molecule has 0 amide bonds. The lowest BCUT2D eigenvalue weighted by atomic mass is 9.97. The summed E-state index contributed by atoms with van der Waals surface area (Å²) in [5.74, 6) is 0.825. The van der Waals surface area contributed by atoms with Gasteiger partial charge in [0.2, 0.25) is 10.0 Å². The minimum absolute atomic E-state index is 0.00542. The quantitative estimate of drug-likeness (QED) is 0.869. The first-order valence-corrected chi connectivity index (χ1v) is 8.87. The van der Waals surface area contributed by atoms with Gasteiger partial charge in [0.25, 0.3) is 0 Å². The van der Waals surface area contributed by atoms with E-state index in [4.69, 9.17) is 4.74 Å². The van der Waals surface area contributed by atoms with Gasteiger partial charge in [-0.1, -0.05) is 19.1 Å². The molecule has 1 fully saturated rings. The van der Waals surface area contributed by atoms with Crippen LogP contribution in [0.25, 0.3) is 0 Å². The first-order valence-electron chi connectivity index (χ1n) is 7.39. The molecule has 1 aromatic carbocycles. The van der Waals surface area contributed by atoms with Crippen molar-refractivity contribution in [3.8, 4) is 5.75 Å². The summed E-state index contributed by atoms with van der Waals surface area (Å²) in [5, 5.41) is 3.29. The topological polar surface area (TPSA) is 67.4 Å². The van der Waals surface area contributed by atoms with Gasteiger partial charge in [0.1, 0.15) is 16.7 Å². The molecule has 0 saturated carbocycles. The second kappa shape index (κ2) is 6.77. The van der Waals surface area contributed by atoms with Crippen LogP contribution in [0.15, 0.2) is 29.2 Å². The van der Waals surface area contributed by atoms with Crippen molar-refractivity contribution in [2.75, 3.05) is 13.1 Å². The highest BCUT2D eigenvalue weighted by Gasteiger charge is 2.26. The number of benzene rings is 1. The van der Waals surface area contributed by atoms with Crippen molar-refractivity contribution in [2.45, 2.75) is 44.2 Å². The van der Waals surface area contributed by atoms with Crippen molar-refractivity contribution in [2.24, 2.45) is 5.92 Å². The summed E-state index contributed by atoms with van der Waals surface area (Å²) in [7, 11) is -3.55. The Morgan fingerprint density at radius 2 is 2.05 bits per heavy atom. The molecule has 1 aliphatic heterocycles. The average molecular weight is 312 g/mol. The number of piperidine rings is 1. The lowest BCUT2D eigenvalue weighted by Gasteiger charge is -2.30. The third-order valence-electron chi connectivity index (χ3n) is 3.56. The summed E-state index contributed by atoms with van der Waals surface area (Å²) in [6, 6.07) is 6.66. The average Bonchev–Trinajstić information content (AvgIpc) is 2.40. The van der Waals surface area contributed by atoms with E-state index >= 15 is 0 Å². The van der Waals surface area contributed by atoms with Crippen LogP contribution in [0.2, 0.25) is 0 Å². The normalized spacial score (nSPS) is 23.2. The maximum absolute atomic E-state index is 12.4.